The van der Waals surface area contributed by atoms with Gasteiger partial charge in [0, 0.05) is 35.0 Å². The smallest absolute Gasteiger partial charge is 0.329 e. The number of rotatable bonds is 7. The third-order valence-electron chi connectivity index (χ3n) is 5.58. The number of hydrogen-bond donors (Lipinski definition) is 1. The van der Waals surface area contributed by atoms with Crippen LogP contribution in [0.5, 0.6) is 0 Å². The monoisotopic (exact) mass is 487 g/mol. The van der Waals surface area contributed by atoms with Crippen molar-refractivity contribution in [1.82, 2.24) is 5.32 Å². The zero-order chi connectivity index (χ0) is 26.7. The molecule has 0 fully saturated rings. The van der Waals surface area contributed by atoms with Gasteiger partial charge >= 0.3 is 11.9 Å². The van der Waals surface area contributed by atoms with Crippen LogP contribution in [0.3, 0.4) is 0 Å². The molecule has 0 saturated heterocycles. The second-order valence-corrected chi connectivity index (χ2v) is 9.81. The molecule has 0 radical (unpaired) electrons. The molecular weight excluding hydrogens is 454 g/mol. The van der Waals surface area contributed by atoms with Crippen LogP contribution in [-0.2, 0) is 23.9 Å². The molecule has 0 bridgehead atoms. The number of esters is 2. The van der Waals surface area contributed by atoms with Crippen LogP contribution in [0.4, 0.5) is 5.69 Å². The summed E-state index contributed by atoms with van der Waals surface area (Å²) in [7, 11) is 1.22. The third-order valence-corrected chi connectivity index (χ3v) is 5.58. The Balaban J connectivity index is 2.60. The van der Waals surface area contributed by atoms with E-state index in [0.717, 1.165) is 0 Å². The largest absolute Gasteiger partial charge is 0.468 e. The molecule has 1 amide bonds. The van der Waals surface area contributed by atoms with Crippen LogP contribution >= 0.6 is 0 Å². The molecule has 1 unspecified atom stereocenters. The number of methoxy groups -OCH3 is 1. The van der Waals surface area contributed by atoms with Gasteiger partial charge in [0.15, 0.2) is 0 Å². The van der Waals surface area contributed by atoms with Gasteiger partial charge in [0.2, 0.25) is 5.91 Å². The van der Waals surface area contributed by atoms with Gasteiger partial charge in [-0.3, -0.25) is 24.7 Å². The number of ether oxygens (including phenoxy) is 2. The molecule has 1 heterocycles. The fraction of sp³-hybridized carbons (Fsp3) is 0.520. The Morgan fingerprint density at radius 2 is 1.80 bits per heavy atom. The van der Waals surface area contributed by atoms with E-state index in [9.17, 15) is 24.5 Å². The van der Waals surface area contributed by atoms with Crippen molar-refractivity contribution in [1.29, 1.82) is 0 Å². The van der Waals surface area contributed by atoms with Gasteiger partial charge < -0.3 is 14.8 Å². The molecule has 0 spiro atoms. The average molecular weight is 488 g/mol. The topological polar surface area (TPSA) is 137 Å². The zero-order valence-corrected chi connectivity index (χ0v) is 21.4. The second kappa shape index (κ2) is 10.8. The number of aliphatic imine (C=N–C) groups is 1. The fourth-order valence-corrected chi connectivity index (χ4v) is 4.04. The first kappa shape index (κ1) is 27.7. The highest BCUT2D eigenvalue weighted by Crippen LogP contribution is 2.40. The molecular formula is C25H33N3O7. The third kappa shape index (κ3) is 6.52. The second-order valence-electron chi connectivity index (χ2n) is 9.81. The Hall–Kier alpha value is -3.56. The van der Waals surface area contributed by atoms with Gasteiger partial charge in [0.05, 0.1) is 12.0 Å². The molecule has 1 aliphatic heterocycles. The standard InChI is InChI=1S/C25H33N3O7/c1-13(2)21(24(31)35-25(5,6)7)27-22(29)18-14(3)26-15(4)19(23(30)34-8)20(18)16-10-9-11-17(12-16)28(32)33/h9-13,19-21H,1-8H3,(H,27,29)/t19?,20-,21+/m0/s1. The van der Waals surface area contributed by atoms with Crippen LogP contribution in [0, 0.1) is 22.0 Å². The lowest BCUT2D eigenvalue weighted by Gasteiger charge is -2.33. The summed E-state index contributed by atoms with van der Waals surface area (Å²) in [5.41, 5.74) is 0.320. The average Bonchev–Trinajstić information content (AvgIpc) is 2.74. The fourth-order valence-electron chi connectivity index (χ4n) is 4.04. The number of nitro groups is 1. The van der Waals surface area contributed by atoms with Crippen molar-refractivity contribution in [3.8, 4) is 0 Å². The van der Waals surface area contributed by atoms with Crippen molar-refractivity contribution in [2.45, 2.75) is 66.0 Å². The van der Waals surface area contributed by atoms with Gasteiger partial charge in [-0.1, -0.05) is 26.0 Å². The Bertz CT molecular complexity index is 1080. The number of hydrogen-bond acceptors (Lipinski definition) is 8. The van der Waals surface area contributed by atoms with E-state index in [4.69, 9.17) is 9.47 Å². The quantitative estimate of drug-likeness (QED) is 0.352. The Kier molecular flexibility index (Phi) is 8.54. The maximum absolute atomic E-state index is 13.6. The van der Waals surface area contributed by atoms with Gasteiger partial charge in [0.1, 0.15) is 17.6 Å². The number of nitro benzene ring substituents is 1. The molecule has 1 aromatic carbocycles. The maximum atomic E-state index is 13.6. The number of nitrogens with zero attached hydrogens (tertiary/aromatic N) is 2. The van der Waals surface area contributed by atoms with Gasteiger partial charge in [-0.2, -0.15) is 0 Å². The molecule has 1 aliphatic rings. The summed E-state index contributed by atoms with van der Waals surface area (Å²) in [6, 6.07) is 4.80. The van der Waals surface area contributed by atoms with Crippen LogP contribution in [-0.4, -0.2) is 47.2 Å². The first-order chi connectivity index (χ1) is 16.2. The molecule has 0 saturated carbocycles. The number of non-ortho nitro benzene ring substituents is 1. The lowest BCUT2D eigenvalue weighted by molar-refractivity contribution is -0.384. The van der Waals surface area contributed by atoms with Gasteiger partial charge in [0.25, 0.3) is 5.69 Å². The SMILES string of the molecule is COC(=O)C1C(C)=NC(C)=C(C(=O)N[C@@H](C(=O)OC(C)(C)C)C(C)C)[C@@H]1c1cccc([N+](=O)[O-])c1. The summed E-state index contributed by atoms with van der Waals surface area (Å²) in [6.07, 6.45) is 0. The number of amides is 1. The predicted octanol–water partition coefficient (Wildman–Crippen LogP) is 3.70. The number of carbonyl (C=O) groups excluding carboxylic acids is 3. The Morgan fingerprint density at radius 1 is 1.17 bits per heavy atom. The number of allylic oxidation sites excluding steroid dienone is 1. The first-order valence-corrected chi connectivity index (χ1v) is 11.3. The van der Waals surface area contributed by atoms with Crippen LogP contribution in [0.2, 0.25) is 0 Å². The zero-order valence-electron chi connectivity index (χ0n) is 21.4. The summed E-state index contributed by atoms with van der Waals surface area (Å²) < 4.78 is 10.5. The lowest BCUT2D eigenvalue weighted by atomic mass is 9.75. The highest BCUT2D eigenvalue weighted by molar-refractivity contribution is 6.08. The van der Waals surface area contributed by atoms with Crippen molar-refractivity contribution >= 4 is 29.2 Å². The first-order valence-electron chi connectivity index (χ1n) is 11.3. The summed E-state index contributed by atoms with van der Waals surface area (Å²) in [6.45, 7) is 12.0. The minimum Gasteiger partial charge on any atom is -0.468 e. The van der Waals surface area contributed by atoms with E-state index >= 15 is 0 Å². The highest BCUT2D eigenvalue weighted by atomic mass is 16.6. The van der Waals surface area contributed by atoms with E-state index in [2.05, 4.69) is 10.3 Å². The lowest BCUT2D eigenvalue weighted by Crippen LogP contribution is -2.49. The molecule has 0 aromatic heterocycles. The molecule has 10 nitrogen and oxygen atoms in total. The van der Waals surface area contributed by atoms with Gasteiger partial charge in [-0.25, -0.2) is 4.79 Å². The van der Waals surface area contributed by atoms with E-state index in [1.54, 1.807) is 54.5 Å². The van der Waals surface area contributed by atoms with E-state index in [1.807, 2.05) is 0 Å². The number of carbonyl (C=O) groups is 3. The van der Waals surface area contributed by atoms with Crippen LogP contribution < -0.4 is 5.32 Å². The predicted molar refractivity (Wildman–Crippen MR) is 130 cm³/mol. The molecule has 10 heteroatoms. The number of benzene rings is 1. The minimum absolute atomic E-state index is 0.126. The summed E-state index contributed by atoms with van der Waals surface area (Å²) >= 11 is 0. The van der Waals surface area contributed by atoms with Crippen molar-refractivity contribution in [2.75, 3.05) is 7.11 Å². The summed E-state index contributed by atoms with van der Waals surface area (Å²) in [4.78, 5) is 54.5. The van der Waals surface area contributed by atoms with Crippen molar-refractivity contribution < 1.29 is 28.8 Å². The van der Waals surface area contributed by atoms with Crippen molar-refractivity contribution in [3.05, 3.63) is 51.2 Å². The molecule has 3 atom stereocenters. The maximum Gasteiger partial charge on any atom is 0.329 e. The molecule has 190 valence electrons. The van der Waals surface area contributed by atoms with Crippen molar-refractivity contribution in [3.63, 3.8) is 0 Å². The van der Waals surface area contributed by atoms with Gasteiger partial charge in [-0.15, -0.1) is 0 Å². The van der Waals surface area contributed by atoms with E-state index in [-0.39, 0.29) is 17.2 Å². The molecule has 1 aromatic rings. The van der Waals surface area contributed by atoms with E-state index < -0.39 is 46.2 Å². The van der Waals surface area contributed by atoms with E-state index in [1.165, 1.54) is 25.3 Å². The van der Waals surface area contributed by atoms with Crippen LogP contribution in [0.25, 0.3) is 0 Å². The normalized spacial score (nSPS) is 19.1. The Morgan fingerprint density at radius 3 is 2.31 bits per heavy atom. The summed E-state index contributed by atoms with van der Waals surface area (Å²) in [5, 5.41) is 14.2. The van der Waals surface area contributed by atoms with Crippen LogP contribution in [0.15, 0.2) is 40.5 Å². The molecule has 35 heavy (non-hydrogen) atoms. The molecule has 2 rings (SSSR count). The van der Waals surface area contributed by atoms with Crippen LogP contribution in [0.1, 0.15) is 59.9 Å². The number of nitrogens with one attached hydrogen (secondary N) is 1. The van der Waals surface area contributed by atoms with E-state index in [0.29, 0.717) is 17.0 Å². The van der Waals surface area contributed by atoms with Gasteiger partial charge in [-0.05, 0) is 46.1 Å². The summed E-state index contributed by atoms with van der Waals surface area (Å²) in [5.74, 6) is -4.03. The molecule has 0 aliphatic carbocycles. The minimum atomic E-state index is -0.981. The Labute approximate surface area is 204 Å². The molecule has 1 N–H and O–H groups in total. The van der Waals surface area contributed by atoms with Crippen molar-refractivity contribution in [2.24, 2.45) is 16.8 Å². The highest BCUT2D eigenvalue weighted by Gasteiger charge is 2.43.